The van der Waals surface area contributed by atoms with Crippen LogP contribution >= 0.6 is 22.7 Å². The van der Waals surface area contributed by atoms with Crippen molar-refractivity contribution in [1.29, 1.82) is 0 Å². The molecule has 2 aliphatic rings. The third-order valence-corrected chi connectivity index (χ3v) is 10.1. The highest BCUT2D eigenvalue weighted by Gasteiger charge is 2.52. The van der Waals surface area contributed by atoms with Crippen molar-refractivity contribution in [3.8, 4) is 21.6 Å². The van der Waals surface area contributed by atoms with Crippen molar-refractivity contribution in [2.24, 2.45) is 33.9 Å². The van der Waals surface area contributed by atoms with E-state index in [4.69, 9.17) is 5.73 Å². The number of nitrogens with two attached hydrogens (primary N) is 1. The van der Waals surface area contributed by atoms with Crippen LogP contribution < -0.4 is 11.1 Å². The summed E-state index contributed by atoms with van der Waals surface area (Å²) in [5.74, 6) is 7.07. The summed E-state index contributed by atoms with van der Waals surface area (Å²) in [4.78, 5) is 22.0. The fraction of sp³-hybridized carbons (Fsp3) is 0.556. The van der Waals surface area contributed by atoms with Gasteiger partial charge in [0.1, 0.15) is 0 Å². The summed E-state index contributed by atoms with van der Waals surface area (Å²) in [5.41, 5.74) is 5.70. The van der Waals surface area contributed by atoms with Gasteiger partial charge in [-0.15, -0.1) is 28.6 Å². The van der Waals surface area contributed by atoms with Crippen LogP contribution in [0.3, 0.4) is 0 Å². The number of ketones is 1. The zero-order chi connectivity index (χ0) is 25.0. The number of aliphatic imine (C=N–C) groups is 1. The van der Waals surface area contributed by atoms with Crippen molar-refractivity contribution in [2.75, 3.05) is 20.2 Å². The number of thiophene rings is 2. The van der Waals surface area contributed by atoms with Crippen LogP contribution in [0.1, 0.15) is 60.0 Å². The van der Waals surface area contributed by atoms with Gasteiger partial charge < -0.3 is 21.3 Å². The van der Waals surface area contributed by atoms with Crippen LogP contribution in [0, 0.1) is 35.0 Å². The van der Waals surface area contributed by atoms with E-state index in [-0.39, 0.29) is 29.6 Å². The van der Waals surface area contributed by atoms with E-state index in [2.05, 4.69) is 34.3 Å². The number of aliphatic hydroxyl groups is 2. The predicted octanol–water partition coefficient (Wildman–Crippen LogP) is 4.12. The molecule has 5 N–H and O–H groups in total. The molecule has 0 aliphatic heterocycles. The van der Waals surface area contributed by atoms with E-state index >= 15 is 0 Å². The summed E-state index contributed by atoms with van der Waals surface area (Å²) in [6.45, 7) is 2.35. The van der Waals surface area contributed by atoms with E-state index in [1.807, 2.05) is 19.1 Å². The number of carbonyl (C=O) groups excluding carboxylic acids is 1. The maximum absolute atomic E-state index is 13.9. The highest BCUT2D eigenvalue weighted by atomic mass is 32.1. The molecule has 4 rings (SSSR count). The minimum atomic E-state index is -0.723. The van der Waals surface area contributed by atoms with Gasteiger partial charge in [-0.1, -0.05) is 5.92 Å². The zero-order valence-corrected chi connectivity index (χ0v) is 22.1. The van der Waals surface area contributed by atoms with Gasteiger partial charge in [-0.2, -0.15) is 0 Å². The van der Waals surface area contributed by atoms with Crippen molar-refractivity contribution >= 4 is 34.4 Å². The van der Waals surface area contributed by atoms with Gasteiger partial charge >= 0.3 is 0 Å². The molecule has 0 bridgehead atoms. The summed E-state index contributed by atoms with van der Waals surface area (Å²) < 4.78 is 0. The molecule has 8 heteroatoms. The Bertz CT molecular complexity index is 1130. The first-order valence-electron chi connectivity index (χ1n) is 12.3. The second-order valence-corrected chi connectivity index (χ2v) is 12.0. The Morgan fingerprint density at radius 1 is 1.23 bits per heavy atom. The lowest BCUT2D eigenvalue weighted by Gasteiger charge is -2.44. The standard InChI is InChI=1S/C27H35N3O3S2/c1-3-4-19-6-8-22(34-19)23-9-10-24(35-23)25(33)20-7-5-17(15-30-26(28)29-2)13-27(20)12-11-18(14-27)21(32)16-31/h6,8-10,17-18,20-21,31-32H,5,7,11-16H2,1-2H3,(H3,28,29,30)/t17-,18-,20+,21+,27+/m0/s1. The Kier molecular flexibility index (Phi) is 8.33. The smallest absolute Gasteiger partial charge is 0.188 e. The monoisotopic (exact) mass is 513 g/mol. The van der Waals surface area contributed by atoms with E-state index in [0.29, 0.717) is 11.9 Å². The minimum Gasteiger partial charge on any atom is -0.394 e. The Morgan fingerprint density at radius 2 is 2.00 bits per heavy atom. The summed E-state index contributed by atoms with van der Waals surface area (Å²) in [5, 5.41) is 23.1. The van der Waals surface area contributed by atoms with Crippen molar-refractivity contribution < 1.29 is 15.0 Å². The van der Waals surface area contributed by atoms with Crippen LogP contribution in [0.5, 0.6) is 0 Å². The number of guanidine groups is 1. The number of Topliss-reactive ketones (excluding diaryl/α,β-unsaturated/α-hetero) is 1. The average molecular weight is 514 g/mol. The number of nitrogens with one attached hydrogen (secondary N) is 1. The highest BCUT2D eigenvalue weighted by Crippen LogP contribution is 2.57. The molecule has 1 spiro atoms. The Labute approximate surface area is 215 Å². The summed E-state index contributed by atoms with van der Waals surface area (Å²) in [6, 6.07) is 8.13. The first kappa shape index (κ1) is 25.9. The van der Waals surface area contributed by atoms with Crippen LogP contribution in [-0.4, -0.2) is 48.3 Å². The predicted molar refractivity (Wildman–Crippen MR) is 144 cm³/mol. The molecule has 2 saturated carbocycles. The van der Waals surface area contributed by atoms with Gasteiger partial charge in [-0.25, -0.2) is 0 Å². The van der Waals surface area contributed by atoms with E-state index in [1.165, 1.54) is 0 Å². The normalized spacial score (nSPS) is 27.4. The number of aliphatic hydroxyl groups excluding tert-OH is 2. The van der Waals surface area contributed by atoms with E-state index in [9.17, 15) is 15.0 Å². The Balaban J connectivity index is 1.55. The molecule has 5 atom stereocenters. The first-order chi connectivity index (χ1) is 16.9. The number of nitrogens with zero attached hydrogens (tertiary/aromatic N) is 1. The van der Waals surface area contributed by atoms with Gasteiger partial charge in [0, 0.05) is 29.3 Å². The van der Waals surface area contributed by atoms with Crippen molar-refractivity contribution in [2.45, 2.75) is 51.6 Å². The topological polar surface area (TPSA) is 108 Å². The third-order valence-electron chi connectivity index (χ3n) is 7.79. The van der Waals surface area contributed by atoms with Gasteiger partial charge in [-0.05, 0) is 87.0 Å². The average Bonchev–Trinajstić information content (AvgIpc) is 3.62. The molecule has 35 heavy (non-hydrogen) atoms. The van der Waals surface area contributed by atoms with Crippen LogP contribution in [0.25, 0.3) is 9.75 Å². The maximum Gasteiger partial charge on any atom is 0.188 e. The minimum absolute atomic E-state index is 0.0346. The molecule has 0 amide bonds. The molecule has 0 unspecified atom stereocenters. The highest BCUT2D eigenvalue weighted by molar-refractivity contribution is 7.23. The largest absolute Gasteiger partial charge is 0.394 e. The van der Waals surface area contributed by atoms with Crippen LogP contribution in [0.15, 0.2) is 29.3 Å². The van der Waals surface area contributed by atoms with E-state index < -0.39 is 6.10 Å². The second-order valence-electron chi connectivity index (χ2n) is 9.87. The van der Waals surface area contributed by atoms with Crippen LogP contribution in [-0.2, 0) is 0 Å². The van der Waals surface area contributed by atoms with E-state index in [1.54, 1.807) is 29.7 Å². The van der Waals surface area contributed by atoms with Crippen LogP contribution in [0.4, 0.5) is 0 Å². The number of hydrogen-bond acceptors (Lipinski definition) is 6. The first-order valence-corrected chi connectivity index (χ1v) is 13.9. The molecule has 0 saturated heterocycles. The molecule has 188 valence electrons. The SMILES string of the molecule is CC#Cc1ccc(-c2ccc(C(=O)[C@H]3CC[C@H](CNC(N)=NC)C[C@@]34CC[C@H]([C@H](O)CO)C4)s2)s1. The third kappa shape index (κ3) is 5.64. The lowest BCUT2D eigenvalue weighted by molar-refractivity contribution is 0.0228. The number of rotatable bonds is 7. The molecular weight excluding hydrogens is 478 g/mol. The summed E-state index contributed by atoms with van der Waals surface area (Å²) in [7, 11) is 1.67. The molecule has 2 fully saturated rings. The molecular formula is C27H35N3O3S2. The quantitative estimate of drug-likeness (QED) is 0.193. The Morgan fingerprint density at radius 3 is 2.74 bits per heavy atom. The van der Waals surface area contributed by atoms with Crippen molar-refractivity contribution in [3.63, 3.8) is 0 Å². The van der Waals surface area contributed by atoms with Crippen LogP contribution in [0.2, 0.25) is 0 Å². The number of hydrogen-bond donors (Lipinski definition) is 4. The zero-order valence-electron chi connectivity index (χ0n) is 20.4. The fourth-order valence-electron chi connectivity index (χ4n) is 6.05. The lowest BCUT2D eigenvalue weighted by Crippen LogP contribution is -2.44. The molecule has 2 aromatic heterocycles. The lowest BCUT2D eigenvalue weighted by atomic mass is 9.60. The molecule has 2 heterocycles. The molecule has 2 aromatic rings. The van der Waals surface area contributed by atoms with Crippen molar-refractivity contribution in [1.82, 2.24) is 5.32 Å². The second kappa shape index (κ2) is 11.3. The molecule has 2 aliphatic carbocycles. The van der Waals surface area contributed by atoms with Gasteiger partial charge in [0.2, 0.25) is 0 Å². The van der Waals surface area contributed by atoms with Gasteiger partial charge in [-0.3, -0.25) is 9.79 Å². The van der Waals surface area contributed by atoms with Gasteiger partial charge in [0.05, 0.1) is 22.5 Å². The molecule has 0 aromatic carbocycles. The van der Waals surface area contributed by atoms with Gasteiger partial charge in [0.15, 0.2) is 11.7 Å². The van der Waals surface area contributed by atoms with Crippen molar-refractivity contribution in [3.05, 3.63) is 34.0 Å². The fourth-order valence-corrected chi connectivity index (χ4v) is 8.05. The summed E-state index contributed by atoms with van der Waals surface area (Å²) in [6.07, 6.45) is 4.51. The Hall–Kier alpha value is -2.18. The molecule has 6 nitrogen and oxygen atoms in total. The molecule has 0 radical (unpaired) electrons. The summed E-state index contributed by atoms with van der Waals surface area (Å²) >= 11 is 3.22. The van der Waals surface area contributed by atoms with Gasteiger partial charge in [0.25, 0.3) is 0 Å². The number of carbonyl (C=O) groups is 1. The van der Waals surface area contributed by atoms with E-state index in [0.717, 1.165) is 64.6 Å². The maximum atomic E-state index is 13.9.